The number of benzene rings is 1. The average Bonchev–Trinajstić information content (AvgIpc) is 3.37. The molecule has 0 unspecified atom stereocenters. The molecule has 168 valence electrons. The van der Waals surface area contributed by atoms with E-state index in [1.807, 2.05) is 0 Å². The van der Waals surface area contributed by atoms with Gasteiger partial charge in [0.1, 0.15) is 12.4 Å². The molecule has 0 aliphatic carbocycles. The van der Waals surface area contributed by atoms with Gasteiger partial charge in [-0.3, -0.25) is 4.90 Å². The van der Waals surface area contributed by atoms with Gasteiger partial charge in [0.15, 0.2) is 0 Å². The van der Waals surface area contributed by atoms with Gasteiger partial charge >= 0.3 is 6.01 Å². The van der Waals surface area contributed by atoms with Crippen molar-refractivity contribution in [3.63, 3.8) is 0 Å². The molecule has 0 saturated carbocycles. The van der Waals surface area contributed by atoms with Gasteiger partial charge in [-0.15, -0.1) is 0 Å². The van der Waals surface area contributed by atoms with Crippen LogP contribution in [0.3, 0.4) is 0 Å². The molecular weight excluding hydrogens is 428 g/mol. The molecule has 0 atom stereocenters. The van der Waals surface area contributed by atoms with Crippen LogP contribution in [0.1, 0.15) is 37.1 Å². The van der Waals surface area contributed by atoms with E-state index in [0.29, 0.717) is 35.0 Å². The first-order valence-electron chi connectivity index (χ1n) is 11.2. The van der Waals surface area contributed by atoms with Crippen LogP contribution in [0.4, 0.5) is 5.95 Å². The average molecular weight is 455 g/mol. The normalized spacial score (nSPS) is 20.0. The van der Waals surface area contributed by atoms with Crippen LogP contribution in [-0.2, 0) is 0 Å². The van der Waals surface area contributed by atoms with Crippen LogP contribution in [-0.4, -0.2) is 76.4 Å². The summed E-state index contributed by atoms with van der Waals surface area (Å²) in [5.74, 6) is 6.98. The standard InChI is InChI=1S/C23H27ClN6O2/c24-18-13-17(14-19(31)15-18)3-4-20-26-21(29-11-7-25-8-12-29)28-22(27-20)32-16-23-5-1-9-30(23)10-2-6-23/h13-15,25,31H,1-2,5-12,16H2. The Bertz CT molecular complexity index is 1020. The van der Waals surface area contributed by atoms with E-state index >= 15 is 0 Å². The molecule has 3 aliphatic rings. The van der Waals surface area contributed by atoms with E-state index in [1.54, 1.807) is 12.1 Å². The number of aromatic nitrogens is 3. The van der Waals surface area contributed by atoms with Crippen molar-refractivity contribution in [2.45, 2.75) is 31.2 Å². The predicted molar refractivity (Wildman–Crippen MR) is 122 cm³/mol. The second kappa shape index (κ2) is 9.10. The van der Waals surface area contributed by atoms with E-state index in [1.165, 1.54) is 18.9 Å². The van der Waals surface area contributed by atoms with E-state index in [2.05, 4.69) is 41.9 Å². The Hall–Kier alpha value is -2.60. The molecule has 32 heavy (non-hydrogen) atoms. The summed E-state index contributed by atoms with van der Waals surface area (Å²) in [4.78, 5) is 18.4. The number of hydrogen-bond acceptors (Lipinski definition) is 8. The number of rotatable bonds is 4. The first kappa shape index (κ1) is 21.3. The Balaban J connectivity index is 1.41. The Kier molecular flexibility index (Phi) is 6.05. The number of phenolic OH excluding ortho intramolecular Hbond substituents is 1. The Morgan fingerprint density at radius 1 is 1.03 bits per heavy atom. The molecular formula is C23H27ClN6O2. The van der Waals surface area contributed by atoms with E-state index in [4.69, 9.17) is 16.3 Å². The van der Waals surface area contributed by atoms with Gasteiger partial charge in [0, 0.05) is 36.8 Å². The third-order valence-corrected chi connectivity index (χ3v) is 6.70. The van der Waals surface area contributed by atoms with E-state index in [9.17, 15) is 5.11 Å². The number of fused-ring (bicyclic) bond motifs is 1. The summed E-state index contributed by atoms with van der Waals surface area (Å²) in [7, 11) is 0. The zero-order valence-corrected chi connectivity index (χ0v) is 18.7. The molecule has 0 spiro atoms. The van der Waals surface area contributed by atoms with Gasteiger partial charge in [0.2, 0.25) is 11.8 Å². The van der Waals surface area contributed by atoms with Gasteiger partial charge in [-0.2, -0.15) is 15.0 Å². The minimum Gasteiger partial charge on any atom is -0.508 e. The van der Waals surface area contributed by atoms with Gasteiger partial charge in [0.25, 0.3) is 0 Å². The van der Waals surface area contributed by atoms with Crippen molar-refractivity contribution in [2.24, 2.45) is 0 Å². The molecule has 3 saturated heterocycles. The molecule has 9 heteroatoms. The lowest BCUT2D eigenvalue weighted by Gasteiger charge is -2.31. The molecule has 5 rings (SSSR count). The van der Waals surface area contributed by atoms with E-state index in [0.717, 1.165) is 52.1 Å². The highest BCUT2D eigenvalue weighted by Crippen LogP contribution is 2.38. The molecule has 0 radical (unpaired) electrons. The van der Waals surface area contributed by atoms with Gasteiger partial charge in [-0.25, -0.2) is 0 Å². The lowest BCUT2D eigenvalue weighted by Crippen LogP contribution is -2.45. The third-order valence-electron chi connectivity index (χ3n) is 6.49. The highest BCUT2D eigenvalue weighted by Gasteiger charge is 2.45. The van der Waals surface area contributed by atoms with Crippen molar-refractivity contribution < 1.29 is 9.84 Å². The molecule has 1 aromatic carbocycles. The fraction of sp³-hybridized carbons (Fsp3) is 0.522. The van der Waals surface area contributed by atoms with Crippen molar-refractivity contribution in [1.29, 1.82) is 0 Å². The summed E-state index contributed by atoms with van der Waals surface area (Å²) >= 11 is 6.03. The van der Waals surface area contributed by atoms with Crippen LogP contribution in [0.25, 0.3) is 0 Å². The minimum absolute atomic E-state index is 0.0694. The number of piperazine rings is 1. The quantitative estimate of drug-likeness (QED) is 0.679. The smallest absolute Gasteiger partial charge is 0.322 e. The lowest BCUT2D eigenvalue weighted by molar-refractivity contribution is 0.107. The van der Waals surface area contributed by atoms with Crippen molar-refractivity contribution in [1.82, 2.24) is 25.2 Å². The lowest BCUT2D eigenvalue weighted by atomic mass is 9.95. The number of nitrogens with zero attached hydrogens (tertiary/aromatic N) is 5. The summed E-state index contributed by atoms with van der Waals surface area (Å²) in [6.07, 6.45) is 4.76. The highest BCUT2D eigenvalue weighted by molar-refractivity contribution is 6.30. The number of halogens is 1. The third kappa shape index (κ3) is 4.60. The van der Waals surface area contributed by atoms with Crippen LogP contribution in [0.15, 0.2) is 18.2 Å². The number of ether oxygens (including phenoxy) is 1. The van der Waals surface area contributed by atoms with Gasteiger partial charge in [-0.1, -0.05) is 17.5 Å². The van der Waals surface area contributed by atoms with Crippen molar-refractivity contribution in [3.8, 4) is 23.6 Å². The maximum atomic E-state index is 9.77. The van der Waals surface area contributed by atoms with Crippen LogP contribution >= 0.6 is 11.6 Å². The number of phenols is 1. The highest BCUT2D eigenvalue weighted by atomic mass is 35.5. The predicted octanol–water partition coefficient (Wildman–Crippen LogP) is 2.05. The Morgan fingerprint density at radius 3 is 2.56 bits per heavy atom. The molecule has 0 amide bonds. The summed E-state index contributed by atoms with van der Waals surface area (Å²) in [6.45, 7) is 6.27. The van der Waals surface area contributed by atoms with Gasteiger partial charge in [-0.05, 0) is 62.9 Å². The van der Waals surface area contributed by atoms with Crippen molar-refractivity contribution >= 4 is 17.5 Å². The molecule has 4 heterocycles. The van der Waals surface area contributed by atoms with E-state index < -0.39 is 0 Å². The molecule has 3 fully saturated rings. The largest absolute Gasteiger partial charge is 0.508 e. The van der Waals surface area contributed by atoms with Crippen molar-refractivity contribution in [2.75, 3.05) is 50.8 Å². The SMILES string of the molecule is Oc1cc(Cl)cc(C#Cc2nc(OCC34CCCN3CCC4)nc(N3CCNCC3)n2)c1. The van der Waals surface area contributed by atoms with Crippen molar-refractivity contribution in [3.05, 3.63) is 34.6 Å². The Morgan fingerprint density at radius 2 is 1.81 bits per heavy atom. The number of aromatic hydroxyl groups is 1. The molecule has 1 aromatic heterocycles. The monoisotopic (exact) mass is 454 g/mol. The summed E-state index contributed by atoms with van der Waals surface area (Å²) in [6, 6.07) is 5.04. The molecule has 8 nitrogen and oxygen atoms in total. The van der Waals surface area contributed by atoms with E-state index in [-0.39, 0.29) is 11.3 Å². The summed E-state index contributed by atoms with van der Waals surface area (Å²) in [5, 5.41) is 13.5. The molecule has 3 aliphatic heterocycles. The summed E-state index contributed by atoms with van der Waals surface area (Å²) < 4.78 is 6.18. The second-order valence-corrected chi connectivity index (χ2v) is 9.07. The Labute approximate surface area is 193 Å². The van der Waals surface area contributed by atoms with Crippen LogP contribution in [0.2, 0.25) is 5.02 Å². The zero-order chi connectivity index (χ0) is 22.0. The number of nitrogens with one attached hydrogen (secondary N) is 1. The zero-order valence-electron chi connectivity index (χ0n) is 18.0. The fourth-order valence-corrected chi connectivity index (χ4v) is 5.14. The minimum atomic E-state index is 0.0694. The number of hydrogen-bond donors (Lipinski definition) is 2. The fourth-order valence-electron chi connectivity index (χ4n) is 4.91. The second-order valence-electron chi connectivity index (χ2n) is 8.63. The van der Waals surface area contributed by atoms with Gasteiger partial charge < -0.3 is 20.1 Å². The maximum absolute atomic E-state index is 9.77. The molecule has 0 bridgehead atoms. The topological polar surface area (TPSA) is 86.6 Å². The van der Waals surface area contributed by atoms with Crippen LogP contribution < -0.4 is 15.0 Å². The van der Waals surface area contributed by atoms with Crippen LogP contribution in [0, 0.1) is 11.8 Å². The first-order valence-corrected chi connectivity index (χ1v) is 11.6. The van der Waals surface area contributed by atoms with Crippen LogP contribution in [0.5, 0.6) is 11.8 Å². The molecule has 2 aromatic rings. The molecule has 2 N–H and O–H groups in total. The number of anilines is 1. The first-order chi connectivity index (χ1) is 15.6. The van der Waals surface area contributed by atoms with Gasteiger partial charge in [0.05, 0.1) is 5.54 Å². The maximum Gasteiger partial charge on any atom is 0.322 e. The summed E-state index contributed by atoms with van der Waals surface area (Å²) in [5.41, 5.74) is 0.708.